The van der Waals surface area contributed by atoms with Crippen molar-refractivity contribution in [3.63, 3.8) is 0 Å². The Hall–Kier alpha value is -3.43. The molecule has 3 atom stereocenters. The lowest BCUT2D eigenvalue weighted by molar-refractivity contribution is -0.125. The molecule has 0 radical (unpaired) electrons. The summed E-state index contributed by atoms with van der Waals surface area (Å²) in [6.45, 7) is 13.9. The Balaban J connectivity index is 0.000000738. The van der Waals surface area contributed by atoms with Crippen molar-refractivity contribution in [2.75, 3.05) is 19.6 Å². The molecule has 2 aromatic rings. The smallest absolute Gasteiger partial charge is 0.409 e. The molecule has 0 bridgehead atoms. The van der Waals surface area contributed by atoms with Crippen molar-refractivity contribution in [2.24, 2.45) is 17.6 Å². The van der Waals surface area contributed by atoms with Crippen LogP contribution in [0, 0.1) is 11.8 Å². The topological polar surface area (TPSA) is 131 Å². The van der Waals surface area contributed by atoms with E-state index >= 15 is 0 Å². The number of hydrogen-bond acceptors (Lipinski definition) is 6. The van der Waals surface area contributed by atoms with E-state index in [-0.39, 0.29) is 35.7 Å². The number of nitrogens with one attached hydrogen (secondary N) is 2. The zero-order valence-electron chi connectivity index (χ0n) is 25.7. The van der Waals surface area contributed by atoms with Gasteiger partial charge in [-0.3, -0.25) is 14.4 Å². The zero-order valence-corrected chi connectivity index (χ0v) is 26.4. The number of nitrogens with zero attached hydrogens (tertiary/aromatic N) is 1. The van der Waals surface area contributed by atoms with E-state index in [1.807, 2.05) is 52.5 Å². The van der Waals surface area contributed by atoms with Gasteiger partial charge in [-0.2, -0.15) is 0 Å². The molecule has 0 fully saturated rings. The second-order valence-electron chi connectivity index (χ2n) is 10.7. The molecule has 0 aliphatic rings. The highest BCUT2D eigenvalue weighted by molar-refractivity contribution is 6.61. The molecule has 10 heteroatoms. The third-order valence-electron chi connectivity index (χ3n) is 6.35. The number of ether oxygens (including phenoxy) is 1. The Labute approximate surface area is 255 Å². The molecule has 0 aliphatic carbocycles. The fraction of sp³-hybridized carbons (Fsp3) is 0.500. The molecule has 4 N–H and O–H groups in total. The second kappa shape index (κ2) is 19.6. The summed E-state index contributed by atoms with van der Waals surface area (Å²) >= 11 is 4.95. The van der Waals surface area contributed by atoms with E-state index in [2.05, 4.69) is 15.4 Å². The van der Waals surface area contributed by atoms with Crippen molar-refractivity contribution >= 4 is 34.8 Å². The van der Waals surface area contributed by atoms with E-state index in [9.17, 15) is 19.2 Å². The van der Waals surface area contributed by atoms with Gasteiger partial charge in [0.15, 0.2) is 0 Å². The highest BCUT2D eigenvalue weighted by Crippen LogP contribution is 2.13. The third kappa shape index (κ3) is 14.0. The van der Waals surface area contributed by atoms with Crippen LogP contribution in [0.1, 0.15) is 81.5 Å². The summed E-state index contributed by atoms with van der Waals surface area (Å²) in [5.41, 5.74) is 6.38. The average molecular weight is 603 g/mol. The molecule has 0 heterocycles. The molecule has 0 aliphatic heterocycles. The number of halogens is 1. The molecule has 0 saturated heterocycles. The maximum Gasteiger partial charge on any atom is 0.409 e. The van der Waals surface area contributed by atoms with E-state index in [4.69, 9.17) is 17.3 Å². The standard InChI is InChI=1S/C25H42N4O3.C7H5ClO2/c1-7-12-29(13-8-2)25(32)21-11-9-10-20(15-21)24(31)28-19(6)22(26)14-18(5)23(30)27-16-17(3)4;8-7(9)10-6-4-2-1-3-5-6/h9-11,15,17-19,22H,7-8,12-14,16,26H2,1-6H3,(H,27,30)(H,28,31);1-5H/t18-,19+,22+;/m1./s1. The van der Waals surface area contributed by atoms with E-state index in [1.165, 1.54) is 0 Å². The average Bonchev–Trinajstić information content (AvgIpc) is 2.95. The first-order valence-electron chi connectivity index (χ1n) is 14.5. The first-order valence-corrected chi connectivity index (χ1v) is 14.9. The normalized spacial score (nSPS) is 12.7. The molecule has 0 unspecified atom stereocenters. The van der Waals surface area contributed by atoms with Crippen molar-refractivity contribution in [1.82, 2.24) is 15.5 Å². The summed E-state index contributed by atoms with van der Waals surface area (Å²) in [6.07, 6.45) is 2.23. The highest BCUT2D eigenvalue weighted by atomic mass is 35.5. The molecule has 2 aromatic carbocycles. The molecule has 42 heavy (non-hydrogen) atoms. The minimum absolute atomic E-state index is 0.0254. The van der Waals surface area contributed by atoms with Gasteiger partial charge in [0.2, 0.25) is 5.91 Å². The summed E-state index contributed by atoms with van der Waals surface area (Å²) < 4.78 is 4.54. The number of amides is 3. The number of carbonyl (C=O) groups excluding carboxylic acids is 4. The van der Waals surface area contributed by atoms with Crippen LogP contribution in [0.4, 0.5) is 4.79 Å². The Morgan fingerprint density at radius 2 is 1.50 bits per heavy atom. The number of rotatable bonds is 14. The van der Waals surface area contributed by atoms with Gasteiger partial charge >= 0.3 is 5.43 Å². The second-order valence-corrected chi connectivity index (χ2v) is 11.0. The van der Waals surface area contributed by atoms with Crippen molar-refractivity contribution < 1.29 is 23.9 Å². The van der Waals surface area contributed by atoms with Crippen LogP contribution in [0.5, 0.6) is 5.75 Å². The molecule has 2 rings (SSSR count). The first-order chi connectivity index (χ1) is 19.9. The lowest BCUT2D eigenvalue weighted by Gasteiger charge is -2.24. The lowest BCUT2D eigenvalue weighted by Crippen LogP contribution is -2.47. The van der Waals surface area contributed by atoms with Crippen molar-refractivity contribution in [2.45, 2.75) is 72.9 Å². The van der Waals surface area contributed by atoms with E-state index < -0.39 is 5.43 Å². The van der Waals surface area contributed by atoms with Gasteiger partial charge in [-0.1, -0.05) is 58.9 Å². The van der Waals surface area contributed by atoms with Gasteiger partial charge in [0.1, 0.15) is 5.75 Å². The van der Waals surface area contributed by atoms with E-state index in [0.717, 1.165) is 12.8 Å². The summed E-state index contributed by atoms with van der Waals surface area (Å²) in [7, 11) is 0. The van der Waals surface area contributed by atoms with Crippen molar-refractivity contribution in [1.29, 1.82) is 0 Å². The minimum Gasteiger partial charge on any atom is -0.415 e. The van der Waals surface area contributed by atoms with Crippen LogP contribution in [0.3, 0.4) is 0 Å². The zero-order chi connectivity index (χ0) is 31.7. The number of para-hydroxylation sites is 1. The van der Waals surface area contributed by atoms with Gasteiger partial charge in [-0.15, -0.1) is 0 Å². The number of hydrogen-bond donors (Lipinski definition) is 3. The van der Waals surface area contributed by atoms with Gasteiger partial charge < -0.3 is 26.0 Å². The van der Waals surface area contributed by atoms with Crippen LogP contribution >= 0.6 is 11.6 Å². The molecular weight excluding hydrogens is 556 g/mol. The van der Waals surface area contributed by atoms with Gasteiger partial charge in [0.05, 0.1) is 0 Å². The van der Waals surface area contributed by atoms with E-state index in [0.29, 0.717) is 48.8 Å². The van der Waals surface area contributed by atoms with Crippen LogP contribution in [-0.4, -0.2) is 59.8 Å². The largest absolute Gasteiger partial charge is 0.415 e. The van der Waals surface area contributed by atoms with Crippen LogP contribution in [0.25, 0.3) is 0 Å². The Morgan fingerprint density at radius 1 is 0.905 bits per heavy atom. The summed E-state index contributed by atoms with van der Waals surface area (Å²) in [5.74, 6) is 0.236. The summed E-state index contributed by atoms with van der Waals surface area (Å²) in [6, 6.07) is 14.8. The fourth-order valence-electron chi connectivity index (χ4n) is 4.01. The molecule has 3 amide bonds. The lowest BCUT2D eigenvalue weighted by atomic mass is 9.96. The van der Waals surface area contributed by atoms with Crippen molar-refractivity contribution in [3.05, 3.63) is 65.7 Å². The molecular formula is C32H47ClN4O5. The number of benzene rings is 2. The predicted octanol–water partition coefficient (Wildman–Crippen LogP) is 5.62. The quantitative estimate of drug-likeness (QED) is 0.241. The molecule has 9 nitrogen and oxygen atoms in total. The summed E-state index contributed by atoms with van der Waals surface area (Å²) in [5, 5.41) is 5.83. The maximum atomic E-state index is 12.8. The highest BCUT2D eigenvalue weighted by Gasteiger charge is 2.23. The van der Waals surface area contributed by atoms with Crippen LogP contribution in [-0.2, 0) is 4.79 Å². The number of carbonyl (C=O) groups is 4. The fourth-order valence-corrected chi connectivity index (χ4v) is 4.10. The summed E-state index contributed by atoms with van der Waals surface area (Å²) in [4.78, 5) is 49.8. The minimum atomic E-state index is -0.814. The SMILES string of the molecule is CCCN(CCC)C(=O)c1cccc(C(=O)N[C@@H](C)[C@@H](N)C[C@@H](C)C(=O)NCC(C)C)c1.O=C(Cl)Oc1ccccc1. The monoisotopic (exact) mass is 602 g/mol. The van der Waals surface area contributed by atoms with Gasteiger partial charge in [0.25, 0.3) is 11.8 Å². The Kier molecular flexibility index (Phi) is 17.1. The van der Waals surface area contributed by atoms with Crippen molar-refractivity contribution in [3.8, 4) is 5.75 Å². The molecule has 232 valence electrons. The first kappa shape index (κ1) is 36.6. The van der Waals surface area contributed by atoms with Crippen LogP contribution < -0.4 is 21.1 Å². The Bertz CT molecular complexity index is 1120. The molecule has 0 aromatic heterocycles. The third-order valence-corrected chi connectivity index (χ3v) is 6.42. The van der Waals surface area contributed by atoms with Gasteiger partial charge in [-0.25, -0.2) is 4.79 Å². The molecule has 0 saturated carbocycles. The Morgan fingerprint density at radius 3 is 2.05 bits per heavy atom. The van der Waals surface area contributed by atoms with E-state index in [1.54, 1.807) is 48.5 Å². The maximum absolute atomic E-state index is 12.8. The van der Waals surface area contributed by atoms with Gasteiger partial charge in [-0.05, 0) is 62.4 Å². The van der Waals surface area contributed by atoms with Crippen LogP contribution in [0.15, 0.2) is 54.6 Å². The number of nitrogens with two attached hydrogens (primary N) is 1. The van der Waals surface area contributed by atoms with Crippen LogP contribution in [0.2, 0.25) is 0 Å². The molecule has 0 spiro atoms. The predicted molar refractivity (Wildman–Crippen MR) is 168 cm³/mol. The van der Waals surface area contributed by atoms with Gasteiger partial charge in [0, 0.05) is 60.4 Å².